The fourth-order valence-electron chi connectivity index (χ4n) is 2.57. The standard InChI is InChI=1S/C15H16ClN3O2/c16-14-13(18-8-4-7-12(20)10-18)9-17-19(15(14)21)11-5-2-1-3-6-11/h1-3,5-6,9,12,20H,4,7-8,10H2. The summed E-state index contributed by atoms with van der Waals surface area (Å²) in [5.41, 5.74) is 0.919. The second kappa shape index (κ2) is 5.87. The monoisotopic (exact) mass is 305 g/mol. The summed E-state index contributed by atoms with van der Waals surface area (Å²) in [5.74, 6) is 0. The number of hydrogen-bond donors (Lipinski definition) is 1. The molecule has 1 saturated heterocycles. The van der Waals surface area contributed by atoms with Gasteiger partial charge in [0.1, 0.15) is 5.02 Å². The van der Waals surface area contributed by atoms with Crippen molar-refractivity contribution < 1.29 is 5.11 Å². The summed E-state index contributed by atoms with van der Waals surface area (Å²) in [6.45, 7) is 1.25. The molecule has 1 fully saturated rings. The van der Waals surface area contributed by atoms with Crippen LogP contribution in [0.25, 0.3) is 5.69 Å². The first-order valence-corrected chi connectivity index (χ1v) is 7.31. The van der Waals surface area contributed by atoms with Crippen LogP contribution >= 0.6 is 11.6 Å². The first-order valence-electron chi connectivity index (χ1n) is 6.93. The number of anilines is 1. The van der Waals surface area contributed by atoms with Crippen LogP contribution in [0.4, 0.5) is 5.69 Å². The van der Waals surface area contributed by atoms with Crippen LogP contribution in [0, 0.1) is 0 Å². The number of aliphatic hydroxyl groups excluding tert-OH is 1. The van der Waals surface area contributed by atoms with Crippen molar-refractivity contribution in [3.63, 3.8) is 0 Å². The zero-order valence-corrected chi connectivity index (χ0v) is 12.2. The van der Waals surface area contributed by atoms with E-state index >= 15 is 0 Å². The van der Waals surface area contributed by atoms with E-state index in [9.17, 15) is 9.90 Å². The Balaban J connectivity index is 1.99. The number of β-amino-alcohol motifs (C(OH)–C–C–N with tert-alkyl or cyclic N) is 1. The van der Waals surface area contributed by atoms with Crippen LogP contribution in [-0.2, 0) is 0 Å². The van der Waals surface area contributed by atoms with Gasteiger partial charge in [-0.2, -0.15) is 9.78 Å². The molecule has 1 aromatic heterocycles. The van der Waals surface area contributed by atoms with Crippen molar-refractivity contribution in [2.75, 3.05) is 18.0 Å². The van der Waals surface area contributed by atoms with Crippen molar-refractivity contribution in [2.24, 2.45) is 0 Å². The van der Waals surface area contributed by atoms with E-state index in [1.807, 2.05) is 23.1 Å². The average molecular weight is 306 g/mol. The fourth-order valence-corrected chi connectivity index (χ4v) is 2.82. The Morgan fingerprint density at radius 2 is 2.05 bits per heavy atom. The van der Waals surface area contributed by atoms with Crippen LogP contribution in [0.3, 0.4) is 0 Å². The highest BCUT2D eigenvalue weighted by Crippen LogP contribution is 2.25. The molecule has 2 heterocycles. The Bertz CT molecular complexity index is 687. The molecule has 5 nitrogen and oxygen atoms in total. The van der Waals surface area contributed by atoms with Crippen molar-refractivity contribution in [1.29, 1.82) is 0 Å². The average Bonchev–Trinajstić information content (AvgIpc) is 2.51. The van der Waals surface area contributed by atoms with Crippen molar-refractivity contribution in [3.05, 3.63) is 51.9 Å². The van der Waals surface area contributed by atoms with Crippen LogP contribution in [-0.4, -0.2) is 34.1 Å². The molecule has 0 spiro atoms. The Labute approximate surface area is 127 Å². The van der Waals surface area contributed by atoms with Crippen LogP contribution < -0.4 is 10.5 Å². The number of piperidine rings is 1. The minimum atomic E-state index is -0.383. The minimum absolute atomic E-state index is 0.142. The molecule has 1 atom stereocenters. The van der Waals surface area contributed by atoms with Crippen LogP contribution in [0.15, 0.2) is 41.3 Å². The summed E-state index contributed by atoms with van der Waals surface area (Å²) in [7, 11) is 0. The van der Waals surface area contributed by atoms with Gasteiger partial charge in [-0.05, 0) is 25.0 Å². The molecule has 0 amide bonds. The molecule has 110 valence electrons. The highest BCUT2D eigenvalue weighted by Gasteiger charge is 2.22. The zero-order chi connectivity index (χ0) is 14.8. The lowest BCUT2D eigenvalue weighted by Crippen LogP contribution is -2.39. The number of benzene rings is 1. The molecule has 3 rings (SSSR count). The van der Waals surface area contributed by atoms with Gasteiger partial charge in [0.15, 0.2) is 0 Å². The Morgan fingerprint density at radius 1 is 1.29 bits per heavy atom. The first-order chi connectivity index (χ1) is 10.2. The van der Waals surface area contributed by atoms with E-state index in [4.69, 9.17) is 11.6 Å². The Hall–Kier alpha value is -1.85. The number of aromatic nitrogens is 2. The lowest BCUT2D eigenvalue weighted by molar-refractivity contribution is 0.154. The summed E-state index contributed by atoms with van der Waals surface area (Å²) >= 11 is 6.23. The number of aliphatic hydroxyl groups is 1. The van der Waals surface area contributed by atoms with Crippen molar-refractivity contribution in [1.82, 2.24) is 9.78 Å². The van der Waals surface area contributed by atoms with Gasteiger partial charge in [0.05, 0.1) is 23.7 Å². The van der Waals surface area contributed by atoms with Crippen molar-refractivity contribution >= 4 is 17.3 Å². The summed E-state index contributed by atoms with van der Waals surface area (Å²) in [6.07, 6.45) is 2.86. The topological polar surface area (TPSA) is 58.4 Å². The molecule has 6 heteroatoms. The second-order valence-electron chi connectivity index (χ2n) is 5.14. The van der Waals surface area contributed by atoms with E-state index in [2.05, 4.69) is 5.10 Å². The predicted molar refractivity (Wildman–Crippen MR) is 82.3 cm³/mol. The molecule has 1 N–H and O–H groups in total. The number of halogens is 1. The van der Waals surface area contributed by atoms with Gasteiger partial charge >= 0.3 is 0 Å². The molecule has 0 bridgehead atoms. The van der Waals surface area contributed by atoms with Gasteiger partial charge in [-0.25, -0.2) is 0 Å². The molecular weight excluding hydrogens is 290 g/mol. The highest BCUT2D eigenvalue weighted by atomic mass is 35.5. The van der Waals surface area contributed by atoms with Crippen molar-refractivity contribution in [2.45, 2.75) is 18.9 Å². The zero-order valence-electron chi connectivity index (χ0n) is 11.4. The smallest absolute Gasteiger partial charge is 0.292 e. The molecule has 2 aromatic rings. The SMILES string of the molecule is O=c1c(Cl)c(N2CCCC(O)C2)cnn1-c1ccccc1. The van der Waals surface area contributed by atoms with E-state index in [0.717, 1.165) is 19.4 Å². The summed E-state index contributed by atoms with van der Waals surface area (Å²) in [6, 6.07) is 9.16. The molecule has 0 saturated carbocycles. The molecule has 1 unspecified atom stereocenters. The highest BCUT2D eigenvalue weighted by molar-refractivity contribution is 6.33. The summed E-state index contributed by atoms with van der Waals surface area (Å²) in [4.78, 5) is 14.3. The molecule has 1 aromatic carbocycles. The molecule has 21 heavy (non-hydrogen) atoms. The third-order valence-corrected chi connectivity index (χ3v) is 3.99. The lowest BCUT2D eigenvalue weighted by Gasteiger charge is -2.32. The quantitative estimate of drug-likeness (QED) is 0.920. The van der Waals surface area contributed by atoms with Gasteiger partial charge in [-0.1, -0.05) is 29.8 Å². The van der Waals surface area contributed by atoms with E-state index in [0.29, 0.717) is 17.9 Å². The van der Waals surface area contributed by atoms with E-state index in [-0.39, 0.29) is 16.7 Å². The predicted octanol–water partition coefficient (Wildman–Crippen LogP) is 1.85. The fraction of sp³-hybridized carbons (Fsp3) is 0.333. The third kappa shape index (κ3) is 2.80. The number of para-hydroxylation sites is 1. The first kappa shape index (κ1) is 14.1. The van der Waals surface area contributed by atoms with E-state index in [1.165, 1.54) is 4.68 Å². The molecule has 0 radical (unpaired) electrons. The van der Waals surface area contributed by atoms with E-state index < -0.39 is 0 Å². The number of hydrogen-bond acceptors (Lipinski definition) is 4. The molecule has 0 aliphatic carbocycles. The largest absolute Gasteiger partial charge is 0.391 e. The second-order valence-corrected chi connectivity index (χ2v) is 5.52. The molecular formula is C15H16ClN3O2. The van der Waals surface area contributed by atoms with Gasteiger partial charge in [-0.3, -0.25) is 4.79 Å². The maximum absolute atomic E-state index is 12.4. The van der Waals surface area contributed by atoms with Gasteiger partial charge in [0.25, 0.3) is 5.56 Å². The van der Waals surface area contributed by atoms with Gasteiger partial charge in [0, 0.05) is 13.1 Å². The summed E-state index contributed by atoms with van der Waals surface area (Å²) in [5, 5.41) is 14.1. The number of nitrogens with zero attached hydrogens (tertiary/aromatic N) is 3. The minimum Gasteiger partial charge on any atom is -0.391 e. The maximum atomic E-state index is 12.4. The van der Waals surface area contributed by atoms with Crippen LogP contribution in [0.1, 0.15) is 12.8 Å². The van der Waals surface area contributed by atoms with Crippen molar-refractivity contribution in [3.8, 4) is 5.69 Å². The van der Waals surface area contributed by atoms with Crippen LogP contribution in [0.2, 0.25) is 5.02 Å². The number of rotatable bonds is 2. The third-order valence-electron chi connectivity index (χ3n) is 3.64. The van der Waals surface area contributed by atoms with Gasteiger partial charge in [0.2, 0.25) is 0 Å². The van der Waals surface area contributed by atoms with E-state index in [1.54, 1.807) is 18.3 Å². The van der Waals surface area contributed by atoms with Gasteiger partial charge in [-0.15, -0.1) is 0 Å². The Kier molecular flexibility index (Phi) is 3.94. The van der Waals surface area contributed by atoms with Gasteiger partial charge < -0.3 is 10.0 Å². The molecule has 1 aliphatic rings. The normalized spacial score (nSPS) is 18.8. The van der Waals surface area contributed by atoms with Crippen LogP contribution in [0.5, 0.6) is 0 Å². The maximum Gasteiger partial charge on any atom is 0.292 e. The Morgan fingerprint density at radius 3 is 2.76 bits per heavy atom. The summed E-state index contributed by atoms with van der Waals surface area (Å²) < 4.78 is 1.28. The lowest BCUT2D eigenvalue weighted by atomic mass is 10.1. The molecule has 1 aliphatic heterocycles.